The lowest BCUT2D eigenvalue weighted by Crippen LogP contribution is -1.98. The van der Waals surface area contributed by atoms with E-state index in [9.17, 15) is 0 Å². The Morgan fingerprint density at radius 2 is 1.29 bits per heavy atom. The van der Waals surface area contributed by atoms with E-state index in [0.717, 1.165) is 11.3 Å². The average molecular weight is 312 g/mol. The third kappa shape index (κ3) is 2.82. The summed E-state index contributed by atoms with van der Waals surface area (Å²) in [7, 11) is 0. The molecule has 0 amide bonds. The molecule has 4 heteroatoms. The van der Waals surface area contributed by atoms with Crippen LogP contribution in [0.4, 0.5) is 0 Å². The van der Waals surface area contributed by atoms with Crippen LogP contribution in [0.25, 0.3) is 28.2 Å². The second-order valence-electron chi connectivity index (χ2n) is 5.68. The van der Waals surface area contributed by atoms with E-state index < -0.39 is 0 Å². The Bertz CT molecular complexity index is 939. The van der Waals surface area contributed by atoms with Gasteiger partial charge in [0.2, 0.25) is 5.82 Å². The van der Waals surface area contributed by atoms with Gasteiger partial charge < -0.3 is 0 Å². The number of aryl methyl sites for hydroxylation is 1. The number of hydrogen-bond acceptors (Lipinski definition) is 3. The Morgan fingerprint density at radius 1 is 0.667 bits per heavy atom. The van der Waals surface area contributed by atoms with Gasteiger partial charge in [0, 0.05) is 5.56 Å². The Kier molecular flexibility index (Phi) is 3.63. The summed E-state index contributed by atoms with van der Waals surface area (Å²) in [6.45, 7) is 2.06. The second-order valence-corrected chi connectivity index (χ2v) is 5.68. The van der Waals surface area contributed by atoms with E-state index in [1.807, 2.05) is 54.6 Å². The normalized spacial score (nSPS) is 10.7. The van der Waals surface area contributed by atoms with Gasteiger partial charge in [-0.25, -0.2) is 0 Å². The van der Waals surface area contributed by atoms with E-state index in [-0.39, 0.29) is 0 Å². The highest BCUT2D eigenvalue weighted by molar-refractivity contribution is 5.64. The Morgan fingerprint density at radius 3 is 2.00 bits per heavy atom. The van der Waals surface area contributed by atoms with E-state index in [4.69, 9.17) is 0 Å². The molecule has 0 unspecified atom stereocenters. The van der Waals surface area contributed by atoms with E-state index in [1.54, 1.807) is 4.80 Å². The fourth-order valence-electron chi connectivity index (χ4n) is 2.56. The standard InChI is InChI=1S/C20H16N4/c1-15-7-9-18(10-8-15)20-21-23-24(22-20)19-13-11-17(12-14-19)16-5-3-2-4-6-16/h2-14H,1H3. The molecule has 0 aliphatic carbocycles. The van der Waals surface area contributed by atoms with Crippen molar-refractivity contribution in [1.82, 2.24) is 20.2 Å². The summed E-state index contributed by atoms with van der Waals surface area (Å²) in [6, 6.07) is 26.5. The van der Waals surface area contributed by atoms with Gasteiger partial charge in [-0.3, -0.25) is 0 Å². The molecule has 24 heavy (non-hydrogen) atoms. The second kappa shape index (κ2) is 6.08. The van der Waals surface area contributed by atoms with Gasteiger partial charge in [0.15, 0.2) is 0 Å². The maximum Gasteiger partial charge on any atom is 0.205 e. The van der Waals surface area contributed by atoms with E-state index in [0.29, 0.717) is 5.82 Å². The number of aromatic nitrogens is 4. The smallest absolute Gasteiger partial charge is 0.130 e. The summed E-state index contributed by atoms with van der Waals surface area (Å²) < 4.78 is 0. The Balaban J connectivity index is 1.62. The number of benzene rings is 3. The molecule has 0 saturated heterocycles. The zero-order valence-electron chi connectivity index (χ0n) is 13.3. The van der Waals surface area contributed by atoms with E-state index in [2.05, 4.69) is 46.6 Å². The quantitative estimate of drug-likeness (QED) is 0.566. The van der Waals surface area contributed by atoms with Gasteiger partial charge in [-0.2, -0.15) is 0 Å². The lowest BCUT2D eigenvalue weighted by atomic mass is 10.1. The highest BCUT2D eigenvalue weighted by Crippen LogP contribution is 2.21. The first-order valence-corrected chi connectivity index (χ1v) is 7.82. The predicted octanol–water partition coefficient (Wildman–Crippen LogP) is 4.30. The molecule has 0 fully saturated rings. The van der Waals surface area contributed by atoms with Gasteiger partial charge in [-0.05, 0) is 35.4 Å². The molecule has 0 spiro atoms. The molecule has 1 heterocycles. The summed E-state index contributed by atoms with van der Waals surface area (Å²) in [5.41, 5.74) is 5.42. The predicted molar refractivity (Wildman–Crippen MR) is 94.8 cm³/mol. The molecular formula is C20H16N4. The molecule has 0 aliphatic rings. The van der Waals surface area contributed by atoms with Crippen molar-refractivity contribution in [3.8, 4) is 28.2 Å². The summed E-state index contributed by atoms with van der Waals surface area (Å²) >= 11 is 0. The summed E-state index contributed by atoms with van der Waals surface area (Å²) in [6.07, 6.45) is 0. The van der Waals surface area contributed by atoms with Crippen molar-refractivity contribution in [2.75, 3.05) is 0 Å². The van der Waals surface area contributed by atoms with Crippen molar-refractivity contribution >= 4 is 0 Å². The molecule has 0 radical (unpaired) electrons. The highest BCUT2D eigenvalue weighted by atomic mass is 15.6. The average Bonchev–Trinajstić information content (AvgIpc) is 3.13. The number of hydrogen-bond donors (Lipinski definition) is 0. The van der Waals surface area contributed by atoms with Crippen molar-refractivity contribution in [3.63, 3.8) is 0 Å². The van der Waals surface area contributed by atoms with Gasteiger partial charge in [0.1, 0.15) is 0 Å². The van der Waals surface area contributed by atoms with Crippen molar-refractivity contribution < 1.29 is 0 Å². The maximum atomic E-state index is 4.48. The van der Waals surface area contributed by atoms with Crippen LogP contribution >= 0.6 is 0 Å². The van der Waals surface area contributed by atoms with Crippen LogP contribution in [0.3, 0.4) is 0 Å². The van der Waals surface area contributed by atoms with Gasteiger partial charge in [0.25, 0.3) is 0 Å². The van der Waals surface area contributed by atoms with Gasteiger partial charge in [0.05, 0.1) is 5.69 Å². The van der Waals surface area contributed by atoms with Crippen LogP contribution < -0.4 is 0 Å². The lowest BCUT2D eigenvalue weighted by molar-refractivity contribution is 0.720. The van der Waals surface area contributed by atoms with Gasteiger partial charge >= 0.3 is 0 Å². The van der Waals surface area contributed by atoms with Gasteiger partial charge in [-0.1, -0.05) is 72.3 Å². The van der Waals surface area contributed by atoms with Crippen LogP contribution in [0.1, 0.15) is 5.56 Å². The molecule has 4 rings (SSSR count). The minimum Gasteiger partial charge on any atom is -0.130 e. The minimum absolute atomic E-state index is 0.627. The first kappa shape index (κ1) is 14.3. The lowest BCUT2D eigenvalue weighted by Gasteiger charge is -2.03. The van der Waals surface area contributed by atoms with Crippen LogP contribution in [0.2, 0.25) is 0 Å². The Hall–Kier alpha value is -3.27. The molecule has 0 saturated carbocycles. The fourth-order valence-corrected chi connectivity index (χ4v) is 2.56. The van der Waals surface area contributed by atoms with Gasteiger partial charge in [-0.15, -0.1) is 15.0 Å². The third-order valence-corrected chi connectivity index (χ3v) is 3.93. The molecule has 4 nitrogen and oxygen atoms in total. The molecule has 3 aromatic carbocycles. The van der Waals surface area contributed by atoms with Crippen LogP contribution in [-0.2, 0) is 0 Å². The molecular weight excluding hydrogens is 296 g/mol. The van der Waals surface area contributed by atoms with Crippen LogP contribution in [0.15, 0.2) is 78.9 Å². The van der Waals surface area contributed by atoms with Crippen molar-refractivity contribution in [2.24, 2.45) is 0 Å². The molecule has 4 aromatic rings. The molecule has 0 N–H and O–H groups in total. The largest absolute Gasteiger partial charge is 0.205 e. The zero-order valence-corrected chi connectivity index (χ0v) is 13.3. The first-order valence-electron chi connectivity index (χ1n) is 7.82. The summed E-state index contributed by atoms with van der Waals surface area (Å²) in [5.74, 6) is 0.627. The fraction of sp³-hybridized carbons (Fsp3) is 0.0500. The SMILES string of the molecule is Cc1ccc(-c2nnn(-c3ccc(-c4ccccc4)cc3)n2)cc1. The maximum absolute atomic E-state index is 4.48. The van der Waals surface area contributed by atoms with E-state index >= 15 is 0 Å². The van der Waals surface area contributed by atoms with Crippen LogP contribution in [0, 0.1) is 6.92 Å². The van der Waals surface area contributed by atoms with E-state index in [1.165, 1.54) is 16.7 Å². The van der Waals surface area contributed by atoms with Crippen LogP contribution in [0.5, 0.6) is 0 Å². The third-order valence-electron chi connectivity index (χ3n) is 3.93. The summed E-state index contributed by atoms with van der Waals surface area (Å²) in [4.78, 5) is 1.56. The Labute approximate surface area is 140 Å². The number of rotatable bonds is 3. The topological polar surface area (TPSA) is 43.6 Å². The zero-order chi connectivity index (χ0) is 16.4. The molecule has 1 aromatic heterocycles. The monoisotopic (exact) mass is 312 g/mol. The molecule has 0 aliphatic heterocycles. The number of nitrogens with zero attached hydrogens (tertiary/aromatic N) is 4. The van der Waals surface area contributed by atoms with Crippen molar-refractivity contribution in [3.05, 3.63) is 84.4 Å². The van der Waals surface area contributed by atoms with Crippen LogP contribution in [-0.4, -0.2) is 20.2 Å². The highest BCUT2D eigenvalue weighted by Gasteiger charge is 2.07. The first-order chi connectivity index (χ1) is 11.8. The molecule has 0 bridgehead atoms. The summed E-state index contributed by atoms with van der Waals surface area (Å²) in [5, 5.41) is 12.8. The van der Waals surface area contributed by atoms with Crippen molar-refractivity contribution in [2.45, 2.75) is 6.92 Å². The molecule has 0 atom stereocenters. The molecule has 116 valence electrons. The number of tetrazole rings is 1. The van der Waals surface area contributed by atoms with Crippen molar-refractivity contribution in [1.29, 1.82) is 0 Å². The minimum atomic E-state index is 0.627.